The summed E-state index contributed by atoms with van der Waals surface area (Å²) >= 11 is 11.9. The average Bonchev–Trinajstić information content (AvgIpc) is 2.45. The third kappa shape index (κ3) is 6.67. The van der Waals surface area contributed by atoms with E-state index < -0.39 is 0 Å². The van der Waals surface area contributed by atoms with Gasteiger partial charge in [-0.25, -0.2) is 0 Å². The SMILES string of the molecule is CCCCN(CC(=O)NCCc1ccc(Cl)cc1Cl)C(C)=O. The van der Waals surface area contributed by atoms with E-state index in [9.17, 15) is 9.59 Å². The molecule has 1 aromatic carbocycles. The van der Waals surface area contributed by atoms with Crippen LogP contribution in [-0.2, 0) is 16.0 Å². The third-order valence-corrected chi connectivity index (χ3v) is 3.88. The summed E-state index contributed by atoms with van der Waals surface area (Å²) in [6.45, 7) is 4.72. The van der Waals surface area contributed by atoms with E-state index >= 15 is 0 Å². The molecular formula is C16H22Cl2N2O2. The first-order valence-corrected chi connectivity index (χ1v) is 8.15. The Hall–Kier alpha value is -1.26. The topological polar surface area (TPSA) is 49.4 Å². The molecule has 4 nitrogen and oxygen atoms in total. The second kappa shape index (κ2) is 9.70. The average molecular weight is 345 g/mol. The number of halogens is 2. The lowest BCUT2D eigenvalue weighted by Gasteiger charge is -2.20. The highest BCUT2D eigenvalue weighted by molar-refractivity contribution is 6.35. The Morgan fingerprint density at radius 1 is 1.27 bits per heavy atom. The summed E-state index contributed by atoms with van der Waals surface area (Å²) in [6.07, 6.45) is 2.50. The number of carbonyl (C=O) groups excluding carboxylic acids is 2. The van der Waals surface area contributed by atoms with E-state index in [0.29, 0.717) is 29.6 Å². The number of unbranched alkanes of at least 4 members (excludes halogenated alkanes) is 1. The maximum atomic E-state index is 11.9. The first-order valence-electron chi connectivity index (χ1n) is 7.40. The maximum absolute atomic E-state index is 11.9. The lowest BCUT2D eigenvalue weighted by Crippen LogP contribution is -2.40. The summed E-state index contributed by atoms with van der Waals surface area (Å²) < 4.78 is 0. The van der Waals surface area contributed by atoms with Gasteiger partial charge < -0.3 is 10.2 Å². The predicted octanol–water partition coefficient (Wildman–Crippen LogP) is 3.30. The van der Waals surface area contributed by atoms with Gasteiger partial charge in [-0.3, -0.25) is 9.59 Å². The minimum Gasteiger partial charge on any atom is -0.354 e. The molecule has 0 fully saturated rings. The van der Waals surface area contributed by atoms with Crippen LogP contribution in [0.25, 0.3) is 0 Å². The molecule has 0 atom stereocenters. The van der Waals surface area contributed by atoms with Crippen molar-refractivity contribution in [2.24, 2.45) is 0 Å². The van der Waals surface area contributed by atoms with Crippen LogP contribution in [0.15, 0.2) is 18.2 Å². The van der Waals surface area contributed by atoms with Crippen molar-refractivity contribution in [2.75, 3.05) is 19.6 Å². The van der Waals surface area contributed by atoms with Gasteiger partial charge >= 0.3 is 0 Å². The normalized spacial score (nSPS) is 10.4. The van der Waals surface area contributed by atoms with Gasteiger partial charge in [-0.2, -0.15) is 0 Å². The Morgan fingerprint density at radius 3 is 2.59 bits per heavy atom. The number of carbonyl (C=O) groups is 2. The molecule has 1 rings (SSSR count). The van der Waals surface area contributed by atoms with E-state index in [2.05, 4.69) is 5.32 Å². The van der Waals surface area contributed by atoms with E-state index in [0.717, 1.165) is 18.4 Å². The van der Waals surface area contributed by atoms with Crippen LogP contribution in [0.5, 0.6) is 0 Å². The fourth-order valence-corrected chi connectivity index (χ4v) is 2.49. The lowest BCUT2D eigenvalue weighted by atomic mass is 10.1. The van der Waals surface area contributed by atoms with Crippen LogP contribution in [0, 0.1) is 0 Å². The number of rotatable bonds is 8. The summed E-state index contributed by atoms with van der Waals surface area (Å²) in [5.41, 5.74) is 0.931. The number of amides is 2. The van der Waals surface area contributed by atoms with Crippen molar-refractivity contribution < 1.29 is 9.59 Å². The van der Waals surface area contributed by atoms with Crippen molar-refractivity contribution in [3.05, 3.63) is 33.8 Å². The van der Waals surface area contributed by atoms with Crippen LogP contribution in [0.4, 0.5) is 0 Å². The first-order chi connectivity index (χ1) is 10.4. The Morgan fingerprint density at radius 2 is 2.00 bits per heavy atom. The van der Waals surface area contributed by atoms with E-state index in [4.69, 9.17) is 23.2 Å². The molecule has 0 radical (unpaired) electrons. The van der Waals surface area contributed by atoms with Gasteiger partial charge in [0.05, 0.1) is 6.54 Å². The van der Waals surface area contributed by atoms with E-state index in [1.165, 1.54) is 6.92 Å². The van der Waals surface area contributed by atoms with Crippen LogP contribution in [0.1, 0.15) is 32.3 Å². The summed E-state index contributed by atoms with van der Waals surface area (Å²) in [5.74, 6) is -0.235. The largest absolute Gasteiger partial charge is 0.354 e. The van der Waals surface area contributed by atoms with Gasteiger partial charge in [0.2, 0.25) is 11.8 Å². The molecule has 6 heteroatoms. The fourth-order valence-electron chi connectivity index (χ4n) is 1.99. The number of nitrogens with one attached hydrogen (secondary N) is 1. The monoisotopic (exact) mass is 344 g/mol. The molecule has 122 valence electrons. The van der Waals surface area contributed by atoms with Gasteiger partial charge in [-0.1, -0.05) is 42.6 Å². The molecule has 0 heterocycles. The van der Waals surface area contributed by atoms with Gasteiger partial charge in [0.25, 0.3) is 0 Å². The van der Waals surface area contributed by atoms with Crippen molar-refractivity contribution >= 4 is 35.0 Å². The minimum absolute atomic E-state index is 0.0793. The highest BCUT2D eigenvalue weighted by atomic mass is 35.5. The highest BCUT2D eigenvalue weighted by Gasteiger charge is 2.12. The van der Waals surface area contributed by atoms with Gasteiger partial charge in [0.1, 0.15) is 0 Å². The molecule has 0 aliphatic rings. The van der Waals surface area contributed by atoms with Crippen molar-refractivity contribution in [3.8, 4) is 0 Å². The Labute approximate surface area is 141 Å². The highest BCUT2D eigenvalue weighted by Crippen LogP contribution is 2.20. The van der Waals surface area contributed by atoms with Gasteiger partial charge in [-0.15, -0.1) is 0 Å². The van der Waals surface area contributed by atoms with E-state index in [-0.39, 0.29) is 18.4 Å². The summed E-state index contributed by atoms with van der Waals surface area (Å²) in [5, 5.41) is 3.99. The Bertz CT molecular complexity index is 521. The van der Waals surface area contributed by atoms with Gasteiger partial charge in [0.15, 0.2) is 0 Å². The van der Waals surface area contributed by atoms with Crippen LogP contribution >= 0.6 is 23.2 Å². The van der Waals surface area contributed by atoms with Gasteiger partial charge in [0, 0.05) is 30.1 Å². The van der Waals surface area contributed by atoms with E-state index in [1.54, 1.807) is 17.0 Å². The van der Waals surface area contributed by atoms with Crippen molar-refractivity contribution in [1.29, 1.82) is 0 Å². The summed E-state index contributed by atoms with van der Waals surface area (Å²) in [7, 11) is 0. The van der Waals surface area contributed by atoms with Crippen LogP contribution in [0.3, 0.4) is 0 Å². The van der Waals surface area contributed by atoms with Crippen molar-refractivity contribution in [1.82, 2.24) is 10.2 Å². The summed E-state index contributed by atoms with van der Waals surface area (Å²) in [4.78, 5) is 24.9. The second-order valence-electron chi connectivity index (χ2n) is 5.13. The molecule has 0 unspecified atom stereocenters. The lowest BCUT2D eigenvalue weighted by molar-refractivity contribution is -0.134. The van der Waals surface area contributed by atoms with Gasteiger partial charge in [-0.05, 0) is 30.5 Å². The minimum atomic E-state index is -0.156. The van der Waals surface area contributed by atoms with Crippen LogP contribution in [0.2, 0.25) is 10.0 Å². The molecule has 0 aliphatic heterocycles. The zero-order valence-corrected chi connectivity index (χ0v) is 14.5. The number of hydrogen-bond acceptors (Lipinski definition) is 2. The van der Waals surface area contributed by atoms with Crippen molar-refractivity contribution in [2.45, 2.75) is 33.1 Å². The molecule has 0 saturated heterocycles. The molecular weight excluding hydrogens is 323 g/mol. The molecule has 2 amide bonds. The number of nitrogens with zero attached hydrogens (tertiary/aromatic N) is 1. The molecule has 0 saturated carbocycles. The molecule has 1 aromatic rings. The zero-order chi connectivity index (χ0) is 16.5. The third-order valence-electron chi connectivity index (χ3n) is 3.29. The van der Waals surface area contributed by atoms with Crippen LogP contribution < -0.4 is 5.32 Å². The Balaban J connectivity index is 2.40. The Kier molecular flexibility index (Phi) is 8.28. The first kappa shape index (κ1) is 18.8. The summed E-state index contributed by atoms with van der Waals surface area (Å²) in [6, 6.07) is 5.30. The van der Waals surface area contributed by atoms with Crippen LogP contribution in [-0.4, -0.2) is 36.3 Å². The number of benzene rings is 1. The molecule has 22 heavy (non-hydrogen) atoms. The smallest absolute Gasteiger partial charge is 0.239 e. The molecule has 0 aromatic heterocycles. The number of hydrogen-bond donors (Lipinski definition) is 1. The molecule has 0 spiro atoms. The molecule has 0 bridgehead atoms. The maximum Gasteiger partial charge on any atom is 0.239 e. The standard InChI is InChI=1S/C16H22Cl2N2O2/c1-3-4-9-20(12(2)21)11-16(22)19-8-7-13-5-6-14(17)10-15(13)18/h5-6,10H,3-4,7-9,11H2,1-2H3,(H,19,22). The molecule has 0 aliphatic carbocycles. The second-order valence-corrected chi connectivity index (χ2v) is 5.97. The molecule has 1 N–H and O–H groups in total. The fraction of sp³-hybridized carbons (Fsp3) is 0.500. The zero-order valence-electron chi connectivity index (χ0n) is 13.0. The quantitative estimate of drug-likeness (QED) is 0.786. The van der Waals surface area contributed by atoms with Crippen molar-refractivity contribution in [3.63, 3.8) is 0 Å². The predicted molar refractivity (Wildman–Crippen MR) is 90.3 cm³/mol. The van der Waals surface area contributed by atoms with E-state index in [1.807, 2.05) is 13.0 Å².